The number of rotatable bonds is 14. The lowest BCUT2D eigenvalue weighted by molar-refractivity contribution is -0.156. The molecule has 180 valence electrons. The lowest BCUT2D eigenvalue weighted by atomic mass is 9.93. The minimum Gasteiger partial charge on any atom is -0.481 e. The van der Waals surface area contributed by atoms with E-state index in [4.69, 9.17) is 14.6 Å². The van der Waals surface area contributed by atoms with Gasteiger partial charge in [0.1, 0.15) is 17.5 Å². The molecule has 1 aliphatic carbocycles. The molecule has 0 radical (unpaired) electrons. The normalized spacial score (nSPS) is 22.9. The summed E-state index contributed by atoms with van der Waals surface area (Å²) in [5, 5.41) is 8.67. The van der Waals surface area contributed by atoms with Crippen molar-refractivity contribution in [2.45, 2.75) is 97.2 Å². The Bertz CT molecular complexity index is 709. The van der Waals surface area contributed by atoms with Crippen molar-refractivity contribution in [3.8, 4) is 0 Å². The van der Waals surface area contributed by atoms with Crippen LogP contribution in [0.2, 0.25) is 0 Å². The molecule has 7 heteroatoms. The van der Waals surface area contributed by atoms with Gasteiger partial charge in [0.25, 0.3) is 0 Å². The van der Waals surface area contributed by atoms with Crippen LogP contribution in [0.1, 0.15) is 85.5 Å². The molecule has 1 rings (SSSR count). The molecule has 1 N–H and O–H groups in total. The predicted molar refractivity (Wildman–Crippen MR) is 121 cm³/mol. The fourth-order valence-corrected chi connectivity index (χ4v) is 4.07. The molecule has 0 amide bonds. The van der Waals surface area contributed by atoms with Crippen LogP contribution in [-0.4, -0.2) is 40.5 Å². The summed E-state index contributed by atoms with van der Waals surface area (Å²) in [6, 6.07) is 0. The second-order valence-corrected chi connectivity index (χ2v) is 8.78. The number of ether oxygens (including phenoxy) is 2. The average molecular weight is 451 g/mol. The molecule has 0 spiro atoms. The van der Waals surface area contributed by atoms with Crippen molar-refractivity contribution in [1.82, 2.24) is 0 Å². The van der Waals surface area contributed by atoms with Crippen molar-refractivity contribution in [1.29, 1.82) is 0 Å². The number of allylic oxidation sites excluding steroid dienone is 2. The summed E-state index contributed by atoms with van der Waals surface area (Å²) in [7, 11) is 0. The zero-order chi connectivity index (χ0) is 24.1. The second-order valence-electron chi connectivity index (χ2n) is 8.78. The maximum Gasteiger partial charge on any atom is 0.303 e. The molecule has 0 aromatic heterocycles. The van der Waals surface area contributed by atoms with Gasteiger partial charge in [-0.25, -0.2) is 0 Å². The third-order valence-electron chi connectivity index (χ3n) is 5.66. The van der Waals surface area contributed by atoms with E-state index in [2.05, 4.69) is 6.92 Å². The van der Waals surface area contributed by atoms with Gasteiger partial charge in [-0.05, 0) is 45.4 Å². The summed E-state index contributed by atoms with van der Waals surface area (Å²) >= 11 is 0. The summed E-state index contributed by atoms with van der Waals surface area (Å²) in [4.78, 5) is 46.6. The molecule has 0 aliphatic heterocycles. The van der Waals surface area contributed by atoms with Crippen LogP contribution in [0.3, 0.4) is 0 Å². The molecule has 0 aromatic carbocycles. The van der Waals surface area contributed by atoms with E-state index in [1.807, 2.05) is 25.2 Å². The molecule has 1 fully saturated rings. The molecule has 0 aromatic rings. The Morgan fingerprint density at radius 3 is 2.44 bits per heavy atom. The fourth-order valence-electron chi connectivity index (χ4n) is 4.07. The lowest BCUT2D eigenvalue weighted by Crippen LogP contribution is -2.30. The number of ketones is 1. The van der Waals surface area contributed by atoms with E-state index in [1.54, 1.807) is 6.08 Å². The highest BCUT2D eigenvalue weighted by Gasteiger charge is 2.42. The zero-order valence-electron chi connectivity index (χ0n) is 19.8. The SMILES string of the molecule is CCCC[C@@](C)(CC=C[C@H]1C(=O)[C@H](CC=CCCCC(=O)O)C[C@H]1OC(C)=O)OC(C)=O. The number of carboxylic acids is 1. The van der Waals surface area contributed by atoms with Crippen molar-refractivity contribution in [2.24, 2.45) is 11.8 Å². The van der Waals surface area contributed by atoms with Crippen molar-refractivity contribution in [3.63, 3.8) is 0 Å². The Hall–Kier alpha value is -2.44. The largest absolute Gasteiger partial charge is 0.481 e. The predicted octanol–water partition coefficient (Wildman–Crippen LogP) is 4.78. The second kappa shape index (κ2) is 13.9. The number of esters is 2. The smallest absolute Gasteiger partial charge is 0.303 e. The molecular weight excluding hydrogens is 412 g/mol. The van der Waals surface area contributed by atoms with Gasteiger partial charge in [0.2, 0.25) is 0 Å². The number of carbonyl (C=O) groups excluding carboxylic acids is 3. The highest BCUT2D eigenvalue weighted by Crippen LogP contribution is 2.34. The molecule has 7 nitrogen and oxygen atoms in total. The number of aliphatic carboxylic acids is 1. The number of carboxylic acid groups (broad SMARTS) is 1. The summed E-state index contributed by atoms with van der Waals surface area (Å²) in [5.74, 6) is -2.30. The van der Waals surface area contributed by atoms with E-state index in [0.29, 0.717) is 32.1 Å². The minimum absolute atomic E-state index is 0.0328. The first kappa shape index (κ1) is 27.6. The maximum absolute atomic E-state index is 13.0. The highest BCUT2D eigenvalue weighted by molar-refractivity contribution is 5.88. The van der Waals surface area contributed by atoms with Gasteiger partial charge in [-0.3, -0.25) is 19.2 Å². The van der Waals surface area contributed by atoms with Crippen LogP contribution in [0, 0.1) is 11.8 Å². The summed E-state index contributed by atoms with van der Waals surface area (Å²) in [6.07, 6.45) is 12.4. The van der Waals surface area contributed by atoms with Gasteiger partial charge in [-0.15, -0.1) is 0 Å². The first-order valence-electron chi connectivity index (χ1n) is 11.5. The van der Waals surface area contributed by atoms with Gasteiger partial charge in [-0.1, -0.05) is 37.6 Å². The Morgan fingerprint density at radius 1 is 1.12 bits per heavy atom. The van der Waals surface area contributed by atoms with E-state index < -0.39 is 29.6 Å². The quantitative estimate of drug-likeness (QED) is 0.230. The van der Waals surface area contributed by atoms with Crippen LogP contribution in [0.4, 0.5) is 0 Å². The molecule has 0 heterocycles. The zero-order valence-corrected chi connectivity index (χ0v) is 19.8. The first-order chi connectivity index (χ1) is 15.1. The van der Waals surface area contributed by atoms with E-state index in [9.17, 15) is 19.2 Å². The van der Waals surface area contributed by atoms with Crippen LogP contribution in [0.15, 0.2) is 24.3 Å². The number of unbranched alkanes of at least 4 members (excludes halogenated alkanes) is 2. The topological polar surface area (TPSA) is 107 Å². The van der Waals surface area contributed by atoms with Crippen LogP contribution in [0.5, 0.6) is 0 Å². The van der Waals surface area contributed by atoms with Gasteiger partial charge in [0.05, 0.1) is 5.92 Å². The molecule has 0 saturated heterocycles. The van der Waals surface area contributed by atoms with Crippen molar-refractivity contribution >= 4 is 23.7 Å². The van der Waals surface area contributed by atoms with Gasteiger partial charge >= 0.3 is 17.9 Å². The van der Waals surface area contributed by atoms with Crippen LogP contribution in [0.25, 0.3) is 0 Å². The van der Waals surface area contributed by atoms with Gasteiger partial charge in [0, 0.05) is 32.6 Å². The van der Waals surface area contributed by atoms with E-state index in [-0.39, 0.29) is 24.1 Å². The molecule has 4 atom stereocenters. The Kier molecular flexibility index (Phi) is 12.0. The van der Waals surface area contributed by atoms with Crippen LogP contribution < -0.4 is 0 Å². The minimum atomic E-state index is -0.817. The van der Waals surface area contributed by atoms with Crippen molar-refractivity contribution in [3.05, 3.63) is 24.3 Å². The number of Topliss-reactive ketones (excluding diaryl/α,β-unsaturated/α-hetero) is 1. The van der Waals surface area contributed by atoms with Gasteiger partial charge < -0.3 is 14.6 Å². The molecule has 0 bridgehead atoms. The van der Waals surface area contributed by atoms with Crippen LogP contribution in [-0.2, 0) is 28.7 Å². The van der Waals surface area contributed by atoms with Crippen molar-refractivity contribution < 1.29 is 33.8 Å². The molecule has 1 aliphatic rings. The third-order valence-corrected chi connectivity index (χ3v) is 5.66. The van der Waals surface area contributed by atoms with Gasteiger partial charge in [-0.2, -0.15) is 0 Å². The number of hydrogen-bond donors (Lipinski definition) is 1. The number of hydrogen-bond acceptors (Lipinski definition) is 6. The average Bonchev–Trinajstić information content (AvgIpc) is 2.96. The standard InChI is InChI=1S/C25H38O7/c1-5-6-15-25(4,32-19(3)27)16-11-13-21-22(31-18(2)26)17-20(24(21)30)12-9-7-8-10-14-23(28)29/h7,9,11,13,20-22H,5-6,8,10,12,14-17H2,1-4H3,(H,28,29)/t20-,21-,22-,25+/m1/s1. The van der Waals surface area contributed by atoms with Crippen molar-refractivity contribution in [2.75, 3.05) is 0 Å². The Labute approximate surface area is 191 Å². The van der Waals surface area contributed by atoms with E-state index in [0.717, 1.165) is 19.3 Å². The fraction of sp³-hybridized carbons (Fsp3) is 0.680. The van der Waals surface area contributed by atoms with Gasteiger partial charge in [0.15, 0.2) is 0 Å². The summed E-state index contributed by atoms with van der Waals surface area (Å²) in [6.45, 7) is 6.70. The highest BCUT2D eigenvalue weighted by atomic mass is 16.6. The summed E-state index contributed by atoms with van der Waals surface area (Å²) in [5.41, 5.74) is -0.630. The third kappa shape index (κ3) is 10.2. The van der Waals surface area contributed by atoms with E-state index in [1.165, 1.54) is 13.8 Å². The molecule has 32 heavy (non-hydrogen) atoms. The maximum atomic E-state index is 13.0. The summed E-state index contributed by atoms with van der Waals surface area (Å²) < 4.78 is 11.0. The molecule has 0 unspecified atom stereocenters. The number of carbonyl (C=O) groups is 4. The molecule has 1 saturated carbocycles. The van der Waals surface area contributed by atoms with Crippen LogP contribution >= 0.6 is 0 Å². The molecular formula is C25H38O7. The lowest BCUT2D eigenvalue weighted by Gasteiger charge is -2.28. The monoisotopic (exact) mass is 450 g/mol. The van der Waals surface area contributed by atoms with E-state index >= 15 is 0 Å². The Morgan fingerprint density at radius 2 is 1.84 bits per heavy atom. The Balaban J connectivity index is 2.78. The first-order valence-corrected chi connectivity index (χ1v) is 11.5.